The van der Waals surface area contributed by atoms with Gasteiger partial charge in [0.25, 0.3) is 5.91 Å². The van der Waals surface area contributed by atoms with Gasteiger partial charge in [-0.05, 0) is 48.6 Å². The van der Waals surface area contributed by atoms with Crippen molar-refractivity contribution < 1.29 is 23.8 Å². The van der Waals surface area contributed by atoms with Gasteiger partial charge in [-0.1, -0.05) is 12.1 Å². The molecule has 0 aromatic heterocycles. The largest absolute Gasteiger partial charge is 0.485 e. The van der Waals surface area contributed by atoms with Crippen LogP contribution in [0.15, 0.2) is 48.5 Å². The van der Waals surface area contributed by atoms with Crippen molar-refractivity contribution in [1.82, 2.24) is 9.80 Å². The summed E-state index contributed by atoms with van der Waals surface area (Å²) in [6.45, 7) is 2.52. The highest BCUT2D eigenvalue weighted by Crippen LogP contribution is 2.31. The predicted octanol–water partition coefficient (Wildman–Crippen LogP) is 2.15. The molecule has 2 aromatic rings. The van der Waals surface area contributed by atoms with Gasteiger partial charge in [-0.2, -0.15) is 0 Å². The molecule has 8 nitrogen and oxygen atoms in total. The van der Waals surface area contributed by atoms with Gasteiger partial charge in [-0.15, -0.1) is 0 Å². The lowest BCUT2D eigenvalue weighted by Gasteiger charge is -2.38. The zero-order valence-corrected chi connectivity index (χ0v) is 17.9. The van der Waals surface area contributed by atoms with E-state index >= 15 is 0 Å². The molecular formula is C22H23N3O5S. The average molecular weight is 442 g/mol. The van der Waals surface area contributed by atoms with Crippen LogP contribution in [0.4, 0.5) is 5.69 Å². The maximum atomic E-state index is 12.9. The quantitative estimate of drug-likeness (QED) is 0.573. The van der Waals surface area contributed by atoms with Crippen molar-refractivity contribution >= 4 is 34.9 Å². The molecule has 31 heavy (non-hydrogen) atoms. The van der Waals surface area contributed by atoms with Gasteiger partial charge in [0.15, 0.2) is 16.6 Å². The van der Waals surface area contributed by atoms with E-state index < -0.39 is 6.10 Å². The number of para-hydroxylation sites is 2. The highest BCUT2D eigenvalue weighted by atomic mass is 32.1. The van der Waals surface area contributed by atoms with E-state index in [-0.39, 0.29) is 18.5 Å². The summed E-state index contributed by atoms with van der Waals surface area (Å²) in [6, 6.07) is 14.3. The van der Waals surface area contributed by atoms with Gasteiger partial charge in [0.05, 0.1) is 12.7 Å². The van der Waals surface area contributed by atoms with Crippen LogP contribution in [-0.4, -0.2) is 72.8 Å². The molecule has 1 N–H and O–H groups in total. The van der Waals surface area contributed by atoms with E-state index in [2.05, 4.69) is 5.32 Å². The Morgan fingerprint density at radius 3 is 2.32 bits per heavy atom. The number of thiocarbonyl (C=S) groups is 1. The Balaban J connectivity index is 1.28. The fourth-order valence-corrected chi connectivity index (χ4v) is 3.79. The molecule has 1 unspecified atom stereocenters. The Morgan fingerprint density at radius 1 is 1.00 bits per heavy atom. The maximum absolute atomic E-state index is 12.9. The van der Waals surface area contributed by atoms with E-state index in [9.17, 15) is 9.59 Å². The third-order valence-corrected chi connectivity index (χ3v) is 5.58. The summed E-state index contributed by atoms with van der Waals surface area (Å²) in [7, 11) is 1.35. The summed E-state index contributed by atoms with van der Waals surface area (Å²) in [5.74, 6) is 0.791. The molecule has 1 fully saturated rings. The maximum Gasteiger partial charge on any atom is 0.337 e. The number of amides is 1. The van der Waals surface area contributed by atoms with E-state index in [1.807, 2.05) is 23.1 Å². The van der Waals surface area contributed by atoms with Crippen molar-refractivity contribution in [1.29, 1.82) is 0 Å². The van der Waals surface area contributed by atoms with Crippen LogP contribution in [0.1, 0.15) is 10.4 Å². The number of nitrogens with zero attached hydrogens (tertiary/aromatic N) is 2. The van der Waals surface area contributed by atoms with Crippen molar-refractivity contribution in [3.8, 4) is 11.5 Å². The Bertz CT molecular complexity index is 973. The van der Waals surface area contributed by atoms with Crippen molar-refractivity contribution in [2.24, 2.45) is 0 Å². The molecule has 0 spiro atoms. The normalized spacial score (nSPS) is 17.6. The smallest absolute Gasteiger partial charge is 0.337 e. The fourth-order valence-electron chi connectivity index (χ4n) is 3.48. The number of carbonyl (C=O) groups excluding carboxylic acids is 2. The minimum absolute atomic E-state index is 0.0774. The van der Waals surface area contributed by atoms with Crippen LogP contribution in [0.2, 0.25) is 0 Å². The molecule has 4 rings (SSSR count). The average Bonchev–Trinajstić information content (AvgIpc) is 2.83. The van der Waals surface area contributed by atoms with Crippen LogP contribution in [-0.2, 0) is 9.53 Å². The summed E-state index contributed by atoms with van der Waals surface area (Å²) in [6.07, 6.45) is -0.639. The van der Waals surface area contributed by atoms with Gasteiger partial charge in [-0.25, -0.2) is 4.79 Å². The molecular weight excluding hydrogens is 418 g/mol. The van der Waals surface area contributed by atoms with Crippen LogP contribution >= 0.6 is 12.2 Å². The number of anilines is 1. The predicted molar refractivity (Wildman–Crippen MR) is 119 cm³/mol. The number of benzene rings is 2. The summed E-state index contributed by atoms with van der Waals surface area (Å²) in [4.78, 5) is 28.2. The van der Waals surface area contributed by atoms with Crippen LogP contribution < -0.4 is 14.8 Å². The van der Waals surface area contributed by atoms with Gasteiger partial charge >= 0.3 is 5.97 Å². The number of ether oxygens (including phenoxy) is 3. The standard InChI is InChI=1S/C22H23N3O5S/c1-28-21(27)15-6-8-16(9-7-15)23-22(31)25-12-10-24(11-13-25)20(26)19-14-29-17-4-2-3-5-18(17)30-19/h2-9,19H,10-14H2,1H3,(H,23,31). The number of fused-ring (bicyclic) bond motifs is 1. The molecule has 2 heterocycles. The first-order valence-corrected chi connectivity index (χ1v) is 10.4. The zero-order valence-electron chi connectivity index (χ0n) is 17.1. The molecule has 0 bridgehead atoms. The second-order valence-corrected chi connectivity index (χ2v) is 7.56. The minimum atomic E-state index is -0.639. The van der Waals surface area contributed by atoms with Crippen LogP contribution in [0, 0.1) is 0 Å². The number of rotatable bonds is 3. The first kappa shape index (κ1) is 20.9. The molecule has 2 aliphatic rings. The molecule has 1 saturated heterocycles. The lowest BCUT2D eigenvalue weighted by atomic mass is 10.2. The third-order valence-electron chi connectivity index (χ3n) is 5.22. The highest BCUT2D eigenvalue weighted by molar-refractivity contribution is 7.80. The number of carbonyl (C=O) groups is 2. The van der Waals surface area contributed by atoms with E-state index in [1.165, 1.54) is 7.11 Å². The van der Waals surface area contributed by atoms with Crippen molar-refractivity contribution in [3.63, 3.8) is 0 Å². The molecule has 162 valence electrons. The number of piperazine rings is 1. The summed E-state index contributed by atoms with van der Waals surface area (Å²) >= 11 is 5.51. The molecule has 1 amide bonds. The topological polar surface area (TPSA) is 80.3 Å². The monoisotopic (exact) mass is 441 g/mol. The van der Waals surface area contributed by atoms with E-state index in [0.717, 1.165) is 5.69 Å². The van der Waals surface area contributed by atoms with E-state index in [1.54, 1.807) is 35.2 Å². The number of methoxy groups -OCH3 is 1. The van der Waals surface area contributed by atoms with Crippen molar-refractivity contribution in [2.75, 3.05) is 45.2 Å². The summed E-state index contributed by atoms with van der Waals surface area (Å²) in [5.41, 5.74) is 1.25. The summed E-state index contributed by atoms with van der Waals surface area (Å²) in [5, 5.41) is 3.74. The second kappa shape index (κ2) is 9.22. The Labute approximate surface area is 185 Å². The molecule has 0 radical (unpaired) electrons. The highest BCUT2D eigenvalue weighted by Gasteiger charge is 2.33. The number of esters is 1. The van der Waals surface area contributed by atoms with E-state index in [4.69, 9.17) is 26.4 Å². The Morgan fingerprint density at radius 2 is 1.65 bits per heavy atom. The number of hydrogen-bond acceptors (Lipinski definition) is 6. The van der Waals surface area contributed by atoms with Gasteiger partial charge in [-0.3, -0.25) is 4.79 Å². The zero-order chi connectivity index (χ0) is 21.8. The minimum Gasteiger partial charge on any atom is -0.485 e. The Hall–Kier alpha value is -3.33. The molecule has 2 aliphatic heterocycles. The molecule has 0 saturated carbocycles. The molecule has 9 heteroatoms. The van der Waals surface area contributed by atoms with Gasteiger partial charge in [0, 0.05) is 31.9 Å². The fraction of sp³-hybridized carbons (Fsp3) is 0.318. The lowest BCUT2D eigenvalue weighted by molar-refractivity contribution is -0.142. The molecule has 2 aromatic carbocycles. The molecule has 1 atom stereocenters. The lowest BCUT2D eigenvalue weighted by Crippen LogP contribution is -2.55. The third kappa shape index (κ3) is 4.72. The van der Waals surface area contributed by atoms with E-state index in [0.29, 0.717) is 48.4 Å². The van der Waals surface area contributed by atoms with Gasteiger partial charge in [0.1, 0.15) is 6.61 Å². The number of hydrogen-bond donors (Lipinski definition) is 1. The van der Waals surface area contributed by atoms with Crippen LogP contribution in [0.5, 0.6) is 11.5 Å². The summed E-state index contributed by atoms with van der Waals surface area (Å²) < 4.78 is 16.2. The first-order valence-electron chi connectivity index (χ1n) is 9.97. The Kier molecular flexibility index (Phi) is 6.22. The molecule has 0 aliphatic carbocycles. The van der Waals surface area contributed by atoms with Crippen LogP contribution in [0.25, 0.3) is 0 Å². The van der Waals surface area contributed by atoms with Crippen molar-refractivity contribution in [2.45, 2.75) is 6.10 Å². The number of nitrogens with one attached hydrogen (secondary N) is 1. The van der Waals surface area contributed by atoms with Gasteiger partial charge < -0.3 is 29.3 Å². The SMILES string of the molecule is COC(=O)c1ccc(NC(=S)N2CCN(C(=O)C3COc4ccccc4O3)CC2)cc1. The second-order valence-electron chi connectivity index (χ2n) is 7.18. The van der Waals surface area contributed by atoms with Gasteiger partial charge in [0.2, 0.25) is 6.10 Å². The van der Waals surface area contributed by atoms with Crippen molar-refractivity contribution in [3.05, 3.63) is 54.1 Å². The first-order chi connectivity index (χ1) is 15.0. The van der Waals surface area contributed by atoms with Crippen LogP contribution in [0.3, 0.4) is 0 Å².